The Balaban J connectivity index is 0.00000144. The lowest BCUT2D eigenvalue weighted by Crippen LogP contribution is -2.41. The normalized spacial score (nSPS) is 22.4. The van der Waals surface area contributed by atoms with Crippen molar-refractivity contribution >= 4 is 30.7 Å². The molecule has 2 aliphatic heterocycles. The third-order valence-electron chi connectivity index (χ3n) is 5.05. The summed E-state index contributed by atoms with van der Waals surface area (Å²) in [6.45, 7) is 4.19. The zero-order valence-corrected chi connectivity index (χ0v) is 15.7. The van der Waals surface area contributed by atoms with Crippen LogP contribution in [-0.2, 0) is 4.79 Å². The number of hydrogen-bond donors (Lipinski definition) is 1. The van der Waals surface area contributed by atoms with Crippen LogP contribution in [0.5, 0.6) is 0 Å². The van der Waals surface area contributed by atoms with Crippen molar-refractivity contribution in [3.63, 3.8) is 0 Å². The quantitative estimate of drug-likeness (QED) is 0.882. The van der Waals surface area contributed by atoms with Gasteiger partial charge in [0, 0.05) is 31.6 Å². The average Bonchev–Trinajstić information content (AvgIpc) is 3.06. The van der Waals surface area contributed by atoms with Crippen LogP contribution < -0.4 is 5.73 Å². The SMILES string of the molecule is Cl.Cl.NC(CC(=O)N1CCC(N2CCCCC2)C1)c1ccccc1. The van der Waals surface area contributed by atoms with Crippen LogP contribution >= 0.6 is 24.8 Å². The van der Waals surface area contributed by atoms with Crippen LogP contribution in [0.1, 0.15) is 43.7 Å². The Hall–Kier alpha value is -0.810. The summed E-state index contributed by atoms with van der Waals surface area (Å²) in [6, 6.07) is 10.3. The van der Waals surface area contributed by atoms with Crippen molar-refractivity contribution in [2.45, 2.75) is 44.2 Å². The third kappa shape index (κ3) is 5.35. The molecule has 0 spiro atoms. The molecule has 2 fully saturated rings. The highest BCUT2D eigenvalue weighted by Gasteiger charge is 2.31. The van der Waals surface area contributed by atoms with E-state index in [4.69, 9.17) is 5.73 Å². The lowest BCUT2D eigenvalue weighted by Gasteiger charge is -2.32. The standard InChI is InChI=1S/C18H27N3O.2ClH/c19-17(15-7-3-1-4-8-15)13-18(22)21-12-9-16(14-21)20-10-5-2-6-11-20;;/h1,3-4,7-8,16-17H,2,5-6,9-14,19H2;2*1H. The summed E-state index contributed by atoms with van der Waals surface area (Å²) in [5, 5.41) is 0. The van der Waals surface area contributed by atoms with Crippen molar-refractivity contribution in [1.29, 1.82) is 0 Å². The predicted octanol–water partition coefficient (Wildman–Crippen LogP) is 3.01. The van der Waals surface area contributed by atoms with E-state index in [0.29, 0.717) is 12.5 Å². The van der Waals surface area contributed by atoms with Gasteiger partial charge in [-0.05, 0) is 37.9 Å². The van der Waals surface area contributed by atoms with Crippen molar-refractivity contribution in [3.8, 4) is 0 Å². The molecule has 2 heterocycles. The van der Waals surface area contributed by atoms with Gasteiger partial charge in [-0.1, -0.05) is 36.8 Å². The molecule has 0 aromatic heterocycles. The average molecular weight is 374 g/mol. The highest BCUT2D eigenvalue weighted by atomic mass is 35.5. The van der Waals surface area contributed by atoms with E-state index in [1.807, 2.05) is 35.2 Å². The van der Waals surface area contributed by atoms with Gasteiger partial charge >= 0.3 is 0 Å². The fourth-order valence-electron chi connectivity index (χ4n) is 3.69. The van der Waals surface area contributed by atoms with Crippen LogP contribution in [0.15, 0.2) is 30.3 Å². The molecular formula is C18H29Cl2N3O. The Bertz CT molecular complexity index is 494. The van der Waals surface area contributed by atoms with Gasteiger partial charge < -0.3 is 10.6 Å². The van der Waals surface area contributed by atoms with Crippen molar-refractivity contribution in [3.05, 3.63) is 35.9 Å². The fraction of sp³-hybridized carbons (Fsp3) is 0.611. The first-order chi connectivity index (χ1) is 10.7. The van der Waals surface area contributed by atoms with Crippen LogP contribution in [0.25, 0.3) is 0 Å². The maximum atomic E-state index is 12.5. The molecule has 24 heavy (non-hydrogen) atoms. The first-order valence-corrected chi connectivity index (χ1v) is 8.56. The maximum Gasteiger partial charge on any atom is 0.224 e. The van der Waals surface area contributed by atoms with Gasteiger partial charge in [0.2, 0.25) is 5.91 Å². The molecule has 4 nitrogen and oxygen atoms in total. The molecule has 2 N–H and O–H groups in total. The lowest BCUT2D eigenvalue weighted by molar-refractivity contribution is -0.130. The van der Waals surface area contributed by atoms with Gasteiger partial charge in [0.15, 0.2) is 0 Å². The van der Waals surface area contributed by atoms with Gasteiger partial charge in [0.1, 0.15) is 0 Å². The van der Waals surface area contributed by atoms with Crippen molar-refractivity contribution in [2.24, 2.45) is 5.73 Å². The molecule has 2 atom stereocenters. The van der Waals surface area contributed by atoms with Crippen LogP contribution in [0.3, 0.4) is 0 Å². The molecular weight excluding hydrogens is 345 g/mol. The van der Waals surface area contributed by atoms with Gasteiger partial charge in [-0.3, -0.25) is 9.69 Å². The summed E-state index contributed by atoms with van der Waals surface area (Å²) in [5.41, 5.74) is 7.23. The van der Waals surface area contributed by atoms with E-state index in [1.54, 1.807) is 0 Å². The van der Waals surface area contributed by atoms with E-state index in [0.717, 1.165) is 25.1 Å². The number of rotatable bonds is 4. The lowest BCUT2D eigenvalue weighted by atomic mass is 10.0. The topological polar surface area (TPSA) is 49.6 Å². The maximum absolute atomic E-state index is 12.5. The van der Waals surface area contributed by atoms with Gasteiger partial charge in [0.05, 0.1) is 0 Å². The van der Waals surface area contributed by atoms with Crippen LogP contribution in [-0.4, -0.2) is 47.9 Å². The van der Waals surface area contributed by atoms with Crippen LogP contribution in [0, 0.1) is 0 Å². The molecule has 1 aromatic rings. The molecule has 3 rings (SSSR count). The fourth-order valence-corrected chi connectivity index (χ4v) is 3.69. The predicted molar refractivity (Wildman–Crippen MR) is 103 cm³/mol. The Morgan fingerprint density at radius 3 is 2.42 bits per heavy atom. The molecule has 1 amide bonds. The van der Waals surface area contributed by atoms with Gasteiger partial charge in [-0.15, -0.1) is 24.8 Å². The summed E-state index contributed by atoms with van der Waals surface area (Å²) in [6.07, 6.45) is 5.51. The van der Waals surface area contributed by atoms with E-state index < -0.39 is 0 Å². The molecule has 2 saturated heterocycles. The molecule has 1 aromatic carbocycles. The Morgan fingerprint density at radius 2 is 1.75 bits per heavy atom. The second kappa shape index (κ2) is 10.2. The van der Waals surface area contributed by atoms with E-state index >= 15 is 0 Å². The van der Waals surface area contributed by atoms with E-state index in [-0.39, 0.29) is 36.8 Å². The number of amides is 1. The van der Waals surface area contributed by atoms with Crippen LogP contribution in [0.2, 0.25) is 0 Å². The van der Waals surface area contributed by atoms with E-state index in [9.17, 15) is 4.79 Å². The Morgan fingerprint density at radius 1 is 1.08 bits per heavy atom. The van der Waals surface area contributed by atoms with Crippen molar-refractivity contribution in [1.82, 2.24) is 9.80 Å². The van der Waals surface area contributed by atoms with Gasteiger partial charge in [0.25, 0.3) is 0 Å². The third-order valence-corrected chi connectivity index (χ3v) is 5.05. The minimum Gasteiger partial charge on any atom is -0.341 e. The molecule has 2 unspecified atom stereocenters. The number of nitrogens with two attached hydrogens (primary N) is 1. The number of carbonyl (C=O) groups is 1. The smallest absolute Gasteiger partial charge is 0.224 e. The monoisotopic (exact) mass is 373 g/mol. The highest BCUT2D eigenvalue weighted by Crippen LogP contribution is 2.22. The van der Waals surface area contributed by atoms with Crippen molar-refractivity contribution in [2.75, 3.05) is 26.2 Å². The summed E-state index contributed by atoms with van der Waals surface area (Å²) in [7, 11) is 0. The Kier molecular flexibility index (Phi) is 9.06. The highest BCUT2D eigenvalue weighted by molar-refractivity contribution is 5.85. The number of halogens is 2. The summed E-state index contributed by atoms with van der Waals surface area (Å²) < 4.78 is 0. The molecule has 0 saturated carbocycles. The largest absolute Gasteiger partial charge is 0.341 e. The summed E-state index contributed by atoms with van der Waals surface area (Å²) in [4.78, 5) is 17.1. The number of nitrogens with zero attached hydrogens (tertiary/aromatic N) is 2. The molecule has 2 aliphatic rings. The zero-order chi connectivity index (χ0) is 15.4. The van der Waals surface area contributed by atoms with Crippen molar-refractivity contribution < 1.29 is 4.79 Å². The molecule has 6 heteroatoms. The number of hydrogen-bond acceptors (Lipinski definition) is 3. The second-order valence-electron chi connectivity index (χ2n) is 6.60. The molecule has 0 aliphatic carbocycles. The number of carbonyl (C=O) groups excluding carboxylic acids is 1. The van der Waals surface area contributed by atoms with Gasteiger partial charge in [-0.25, -0.2) is 0 Å². The first kappa shape index (κ1) is 21.2. The number of likely N-dealkylation sites (tertiary alicyclic amines) is 2. The summed E-state index contributed by atoms with van der Waals surface area (Å²) >= 11 is 0. The second-order valence-corrected chi connectivity index (χ2v) is 6.60. The minimum absolute atomic E-state index is 0. The van der Waals surface area contributed by atoms with Gasteiger partial charge in [-0.2, -0.15) is 0 Å². The molecule has 0 bridgehead atoms. The van der Waals surface area contributed by atoms with Crippen LogP contribution in [0.4, 0.5) is 0 Å². The number of piperidine rings is 1. The van der Waals surface area contributed by atoms with E-state index in [2.05, 4.69) is 4.90 Å². The summed E-state index contributed by atoms with van der Waals surface area (Å²) in [5.74, 6) is 0.205. The molecule has 136 valence electrons. The van der Waals surface area contributed by atoms with E-state index in [1.165, 1.54) is 32.4 Å². The first-order valence-electron chi connectivity index (χ1n) is 8.56. The minimum atomic E-state index is -0.192. The number of benzene rings is 1. The zero-order valence-electron chi connectivity index (χ0n) is 14.1. The molecule has 0 radical (unpaired) electrons. The Labute approximate surface area is 157 Å².